The van der Waals surface area contributed by atoms with Crippen LogP contribution in [0.3, 0.4) is 0 Å². The summed E-state index contributed by atoms with van der Waals surface area (Å²) in [7, 11) is -2.88. The molecule has 1 aliphatic rings. The number of rotatable bonds is 3. The van der Waals surface area contributed by atoms with E-state index in [1.807, 2.05) is 0 Å². The Bertz CT molecular complexity index is 378. The Labute approximate surface area is 89.2 Å². The number of sulfone groups is 1. The minimum atomic E-state index is -2.88. The Balaban J connectivity index is 2.48. The lowest BCUT2D eigenvalue weighted by atomic mass is 10.1. The van der Waals surface area contributed by atoms with Crippen LogP contribution >= 0.6 is 0 Å². The van der Waals surface area contributed by atoms with Gasteiger partial charge in [-0.25, -0.2) is 13.2 Å². The highest BCUT2D eigenvalue weighted by Crippen LogP contribution is 2.19. The lowest BCUT2D eigenvalue weighted by Gasteiger charge is -2.18. The average Bonchev–Trinajstić information content (AvgIpc) is 2.10. The van der Waals surface area contributed by atoms with Crippen molar-refractivity contribution in [3.8, 4) is 0 Å². The molecule has 1 heterocycles. The van der Waals surface area contributed by atoms with Crippen LogP contribution in [0.2, 0.25) is 0 Å². The third-order valence-corrected chi connectivity index (χ3v) is 4.08. The topological polar surface area (TPSA) is 71.4 Å². The van der Waals surface area contributed by atoms with Gasteiger partial charge in [-0.05, 0) is 18.8 Å². The second-order valence-electron chi connectivity index (χ2n) is 3.60. The summed E-state index contributed by atoms with van der Waals surface area (Å²) in [4.78, 5) is 10.1. The summed E-state index contributed by atoms with van der Waals surface area (Å²) in [5, 5.41) is 8.32. The van der Waals surface area contributed by atoms with Crippen LogP contribution in [0.15, 0.2) is 24.3 Å². The molecule has 1 saturated heterocycles. The molecular formula is C10H14O4S. The van der Waals surface area contributed by atoms with Gasteiger partial charge in [0, 0.05) is 6.08 Å². The van der Waals surface area contributed by atoms with Gasteiger partial charge in [-0.1, -0.05) is 18.2 Å². The van der Waals surface area contributed by atoms with Gasteiger partial charge in [0.15, 0.2) is 9.84 Å². The van der Waals surface area contributed by atoms with E-state index in [1.54, 1.807) is 12.2 Å². The van der Waals surface area contributed by atoms with Crippen molar-refractivity contribution in [3.05, 3.63) is 24.3 Å². The quantitative estimate of drug-likeness (QED) is 0.580. The number of carboxylic acids is 1. The molecule has 1 N–H and O–H groups in total. The molecule has 0 radical (unpaired) electrons. The third kappa shape index (κ3) is 4.78. The maximum atomic E-state index is 11.3. The number of hydrogen-bond acceptors (Lipinski definition) is 3. The molecule has 0 aromatic carbocycles. The first-order valence-electron chi connectivity index (χ1n) is 4.78. The van der Waals surface area contributed by atoms with Crippen molar-refractivity contribution in [1.82, 2.24) is 0 Å². The smallest absolute Gasteiger partial charge is 0.328 e. The van der Waals surface area contributed by atoms with Gasteiger partial charge in [0.05, 0.1) is 11.5 Å². The Morgan fingerprint density at radius 2 is 2.07 bits per heavy atom. The van der Waals surface area contributed by atoms with Crippen LogP contribution in [0.4, 0.5) is 0 Å². The number of hydrogen-bond donors (Lipinski definition) is 1. The van der Waals surface area contributed by atoms with E-state index in [9.17, 15) is 13.2 Å². The van der Waals surface area contributed by atoms with Gasteiger partial charge in [0.25, 0.3) is 0 Å². The number of carboxylic acid groups (broad SMARTS) is 1. The summed E-state index contributed by atoms with van der Waals surface area (Å²) < 4.78 is 22.5. The summed E-state index contributed by atoms with van der Waals surface area (Å²) in [6, 6.07) is 0. The maximum absolute atomic E-state index is 11.3. The van der Waals surface area contributed by atoms with Crippen LogP contribution in [-0.2, 0) is 14.6 Å². The number of allylic oxidation sites excluding steroid dienone is 3. The third-order valence-electron chi connectivity index (χ3n) is 2.23. The van der Waals surface area contributed by atoms with E-state index in [-0.39, 0.29) is 17.4 Å². The molecule has 1 aliphatic heterocycles. The largest absolute Gasteiger partial charge is 0.478 e. The van der Waals surface area contributed by atoms with Crippen LogP contribution < -0.4 is 0 Å². The highest BCUT2D eigenvalue weighted by atomic mass is 32.2. The van der Waals surface area contributed by atoms with E-state index in [1.165, 1.54) is 6.08 Å². The zero-order chi connectivity index (χ0) is 11.3. The zero-order valence-corrected chi connectivity index (χ0v) is 9.11. The minimum Gasteiger partial charge on any atom is -0.478 e. The van der Waals surface area contributed by atoms with Crippen molar-refractivity contribution >= 4 is 15.8 Å². The van der Waals surface area contributed by atoms with Crippen LogP contribution in [0.5, 0.6) is 0 Å². The van der Waals surface area contributed by atoms with Crippen LogP contribution in [0.1, 0.15) is 12.8 Å². The first-order chi connectivity index (χ1) is 6.99. The summed E-state index contributed by atoms with van der Waals surface area (Å²) >= 11 is 0. The Morgan fingerprint density at radius 3 is 2.67 bits per heavy atom. The fourth-order valence-electron chi connectivity index (χ4n) is 1.57. The Hall–Kier alpha value is -1.10. The molecule has 1 unspecified atom stereocenters. The van der Waals surface area contributed by atoms with Crippen molar-refractivity contribution in [2.24, 2.45) is 5.92 Å². The van der Waals surface area contributed by atoms with Gasteiger partial charge >= 0.3 is 5.97 Å². The van der Waals surface area contributed by atoms with Crippen LogP contribution in [0.25, 0.3) is 0 Å². The molecule has 0 bridgehead atoms. The van der Waals surface area contributed by atoms with E-state index >= 15 is 0 Å². The van der Waals surface area contributed by atoms with Crippen molar-refractivity contribution in [2.45, 2.75) is 12.8 Å². The summed E-state index contributed by atoms with van der Waals surface area (Å²) in [6.45, 7) is 0. The number of carbonyl (C=O) groups is 1. The first kappa shape index (κ1) is 12.0. The van der Waals surface area contributed by atoms with Gasteiger partial charge < -0.3 is 5.11 Å². The zero-order valence-electron chi connectivity index (χ0n) is 8.30. The normalized spacial score (nSPS) is 26.0. The lowest BCUT2D eigenvalue weighted by molar-refractivity contribution is -0.131. The molecule has 0 aromatic rings. The molecule has 0 aromatic heterocycles. The predicted octanol–water partition coefficient (Wildman–Crippen LogP) is 1.01. The van der Waals surface area contributed by atoms with E-state index in [4.69, 9.17) is 5.11 Å². The maximum Gasteiger partial charge on any atom is 0.328 e. The second kappa shape index (κ2) is 5.11. The van der Waals surface area contributed by atoms with Gasteiger partial charge in [0.1, 0.15) is 0 Å². The standard InChI is InChI=1S/C10H14O4S/c11-10(12)6-2-1-4-9-5-3-7-15(13,14)8-9/h1-2,4,6,9H,3,5,7-8H2,(H,11,12)/b4-1+,6-2-. The van der Waals surface area contributed by atoms with Gasteiger partial charge in [0.2, 0.25) is 0 Å². The Morgan fingerprint density at radius 1 is 1.33 bits per heavy atom. The monoisotopic (exact) mass is 230 g/mol. The van der Waals surface area contributed by atoms with E-state index in [0.717, 1.165) is 12.5 Å². The summed E-state index contributed by atoms with van der Waals surface area (Å²) in [6.07, 6.45) is 7.34. The molecular weight excluding hydrogens is 216 g/mol. The first-order valence-corrected chi connectivity index (χ1v) is 6.60. The van der Waals surface area contributed by atoms with Gasteiger partial charge in [-0.2, -0.15) is 0 Å². The molecule has 1 atom stereocenters. The highest BCUT2D eigenvalue weighted by Gasteiger charge is 2.22. The highest BCUT2D eigenvalue weighted by molar-refractivity contribution is 7.91. The van der Waals surface area contributed by atoms with E-state index < -0.39 is 15.8 Å². The van der Waals surface area contributed by atoms with Gasteiger partial charge in [-0.3, -0.25) is 0 Å². The molecule has 4 nitrogen and oxygen atoms in total. The molecule has 0 amide bonds. The summed E-state index contributed by atoms with van der Waals surface area (Å²) in [5.74, 6) is -0.509. The molecule has 15 heavy (non-hydrogen) atoms. The minimum absolute atomic E-state index is 0.0298. The van der Waals surface area contributed by atoms with Crippen LogP contribution in [0, 0.1) is 5.92 Å². The molecule has 5 heteroatoms. The van der Waals surface area contributed by atoms with Gasteiger partial charge in [-0.15, -0.1) is 0 Å². The van der Waals surface area contributed by atoms with Crippen LogP contribution in [-0.4, -0.2) is 31.0 Å². The fraction of sp³-hybridized carbons (Fsp3) is 0.500. The molecule has 1 rings (SSSR count). The lowest BCUT2D eigenvalue weighted by Crippen LogP contribution is -2.23. The second-order valence-corrected chi connectivity index (χ2v) is 5.83. The molecule has 0 saturated carbocycles. The summed E-state index contributed by atoms with van der Waals surface area (Å²) in [5.41, 5.74) is 0. The molecule has 0 aliphatic carbocycles. The van der Waals surface area contributed by atoms with Crippen molar-refractivity contribution in [1.29, 1.82) is 0 Å². The molecule has 0 spiro atoms. The fourth-order valence-corrected chi connectivity index (χ4v) is 3.27. The average molecular weight is 230 g/mol. The number of aliphatic carboxylic acids is 1. The van der Waals surface area contributed by atoms with Crippen molar-refractivity contribution in [2.75, 3.05) is 11.5 Å². The Kier molecular flexibility index (Phi) is 4.08. The van der Waals surface area contributed by atoms with E-state index in [0.29, 0.717) is 6.42 Å². The van der Waals surface area contributed by atoms with Crippen molar-refractivity contribution in [3.63, 3.8) is 0 Å². The predicted molar refractivity (Wildman–Crippen MR) is 57.3 cm³/mol. The molecule has 1 fully saturated rings. The van der Waals surface area contributed by atoms with E-state index in [2.05, 4.69) is 0 Å². The SMILES string of the molecule is O=C(O)/C=C\C=C\C1CCCS(=O)(=O)C1. The molecule has 84 valence electrons. The van der Waals surface area contributed by atoms with Crippen molar-refractivity contribution < 1.29 is 18.3 Å².